The fourth-order valence-electron chi connectivity index (χ4n) is 4.14. The van der Waals surface area contributed by atoms with Crippen LogP contribution in [0.2, 0.25) is 0 Å². The number of hydrogen-bond acceptors (Lipinski definition) is 4. The predicted molar refractivity (Wildman–Crippen MR) is 101 cm³/mol. The highest BCUT2D eigenvalue weighted by molar-refractivity contribution is 7.19. The Morgan fingerprint density at radius 1 is 1.38 bits per heavy atom. The number of hydrogen-bond donors (Lipinski definition) is 1. The van der Waals surface area contributed by atoms with Crippen LogP contribution >= 0.6 is 11.3 Å². The van der Waals surface area contributed by atoms with Crippen molar-refractivity contribution in [3.8, 4) is 0 Å². The Bertz CT molecular complexity index is 758. The van der Waals surface area contributed by atoms with E-state index in [1.807, 2.05) is 11.3 Å². The molecule has 0 amide bonds. The molecule has 2 aromatic heterocycles. The normalized spacial score (nSPS) is 21.9. The molecule has 1 atom stereocenters. The van der Waals surface area contributed by atoms with Gasteiger partial charge in [-0.1, -0.05) is 13.5 Å². The third-order valence-corrected chi connectivity index (χ3v) is 6.59. The molecule has 1 fully saturated rings. The van der Waals surface area contributed by atoms with Crippen LogP contribution in [0.25, 0.3) is 10.2 Å². The van der Waals surface area contributed by atoms with Crippen LogP contribution in [0.1, 0.15) is 30.7 Å². The number of aryl methyl sites for hydroxylation is 1. The second kappa shape index (κ2) is 6.45. The van der Waals surface area contributed by atoms with Gasteiger partial charge in [0.25, 0.3) is 0 Å². The van der Waals surface area contributed by atoms with E-state index in [2.05, 4.69) is 30.3 Å². The fraction of sp³-hybridized carbons (Fsp3) is 0.579. The van der Waals surface area contributed by atoms with Gasteiger partial charge in [0.1, 0.15) is 17.0 Å². The molecule has 0 spiro atoms. The molecule has 24 heavy (non-hydrogen) atoms. The molecule has 0 radical (unpaired) electrons. The van der Waals surface area contributed by atoms with Crippen molar-refractivity contribution in [2.75, 3.05) is 37.6 Å². The van der Waals surface area contributed by atoms with Crippen molar-refractivity contribution in [2.24, 2.45) is 5.92 Å². The molecule has 3 heterocycles. The van der Waals surface area contributed by atoms with Gasteiger partial charge in [0, 0.05) is 4.88 Å². The number of quaternary nitrogens is 1. The molecule has 1 N–H and O–H groups in total. The fourth-order valence-corrected chi connectivity index (χ4v) is 5.32. The van der Waals surface area contributed by atoms with Gasteiger partial charge in [0.2, 0.25) is 0 Å². The number of nitrogens with one attached hydrogen (secondary N) is 1. The van der Waals surface area contributed by atoms with Gasteiger partial charge in [-0.15, -0.1) is 11.3 Å². The summed E-state index contributed by atoms with van der Waals surface area (Å²) in [5.74, 6) is 1.96. The van der Waals surface area contributed by atoms with Crippen LogP contribution < -0.4 is 9.80 Å². The van der Waals surface area contributed by atoms with E-state index in [1.165, 1.54) is 54.0 Å². The number of thiophene rings is 1. The third kappa shape index (κ3) is 2.95. The molecule has 128 valence electrons. The predicted octanol–water partition coefficient (Wildman–Crippen LogP) is 2.10. The minimum Gasteiger partial charge on any atom is -0.345 e. The standard InChI is InChI=1S/C19H26N4S/c1-13(2)11-22-6-8-23(9-7-22)18-17-15-10-14(3)4-5-16(15)24-19(17)21-12-20-18/h12,14H,1,4-11H2,2-3H3/p+1/t14-/m0/s1. The number of fused-ring (bicyclic) bond motifs is 3. The van der Waals surface area contributed by atoms with Crippen molar-refractivity contribution in [3.05, 3.63) is 28.9 Å². The van der Waals surface area contributed by atoms with Gasteiger partial charge < -0.3 is 9.80 Å². The van der Waals surface area contributed by atoms with Gasteiger partial charge in [-0.2, -0.15) is 0 Å². The summed E-state index contributed by atoms with van der Waals surface area (Å²) < 4.78 is 0. The molecule has 2 aliphatic rings. The van der Waals surface area contributed by atoms with Crippen LogP contribution in [0, 0.1) is 5.92 Å². The van der Waals surface area contributed by atoms with Crippen LogP contribution in [0.5, 0.6) is 0 Å². The zero-order valence-corrected chi connectivity index (χ0v) is 15.6. The molecule has 4 rings (SSSR count). The van der Waals surface area contributed by atoms with E-state index in [-0.39, 0.29) is 0 Å². The highest BCUT2D eigenvalue weighted by Crippen LogP contribution is 2.40. The molecule has 1 aliphatic carbocycles. The Kier molecular flexibility index (Phi) is 4.31. The van der Waals surface area contributed by atoms with Crippen molar-refractivity contribution >= 4 is 27.4 Å². The lowest BCUT2D eigenvalue weighted by Crippen LogP contribution is -3.15. The zero-order valence-electron chi connectivity index (χ0n) is 14.8. The summed E-state index contributed by atoms with van der Waals surface area (Å²) in [7, 11) is 0. The number of nitrogens with zero attached hydrogens (tertiary/aromatic N) is 3. The first-order chi connectivity index (χ1) is 11.6. The van der Waals surface area contributed by atoms with Gasteiger partial charge in [0.15, 0.2) is 0 Å². The Labute approximate surface area is 148 Å². The van der Waals surface area contributed by atoms with E-state index in [0.29, 0.717) is 0 Å². The zero-order chi connectivity index (χ0) is 16.7. The lowest BCUT2D eigenvalue weighted by Gasteiger charge is -2.33. The molecule has 0 saturated carbocycles. The maximum absolute atomic E-state index is 4.72. The van der Waals surface area contributed by atoms with E-state index in [0.717, 1.165) is 25.6 Å². The van der Waals surface area contributed by atoms with Crippen LogP contribution in [0.4, 0.5) is 5.82 Å². The number of rotatable bonds is 3. The average molecular weight is 344 g/mol. The van der Waals surface area contributed by atoms with Crippen molar-refractivity contribution in [3.63, 3.8) is 0 Å². The van der Waals surface area contributed by atoms with E-state index in [1.54, 1.807) is 21.7 Å². The minimum atomic E-state index is 0.778. The summed E-state index contributed by atoms with van der Waals surface area (Å²) in [5.41, 5.74) is 2.82. The van der Waals surface area contributed by atoms with Crippen molar-refractivity contribution < 1.29 is 4.90 Å². The maximum atomic E-state index is 4.72. The monoisotopic (exact) mass is 343 g/mol. The minimum absolute atomic E-state index is 0.778. The first kappa shape index (κ1) is 16.0. The summed E-state index contributed by atoms with van der Waals surface area (Å²) in [6.07, 6.45) is 5.48. The highest BCUT2D eigenvalue weighted by Gasteiger charge is 2.27. The first-order valence-electron chi connectivity index (χ1n) is 9.10. The Morgan fingerprint density at radius 3 is 2.92 bits per heavy atom. The maximum Gasteiger partial charge on any atom is 0.141 e. The molecular weight excluding hydrogens is 316 g/mol. The van der Waals surface area contributed by atoms with E-state index < -0.39 is 0 Å². The van der Waals surface area contributed by atoms with E-state index >= 15 is 0 Å². The molecule has 1 saturated heterocycles. The molecule has 0 aromatic carbocycles. The van der Waals surface area contributed by atoms with Crippen LogP contribution in [-0.2, 0) is 12.8 Å². The quantitative estimate of drug-likeness (QED) is 0.867. The van der Waals surface area contributed by atoms with E-state index in [9.17, 15) is 0 Å². The first-order valence-corrected chi connectivity index (χ1v) is 9.91. The summed E-state index contributed by atoms with van der Waals surface area (Å²) in [4.78, 5) is 16.2. The molecule has 5 heteroatoms. The summed E-state index contributed by atoms with van der Waals surface area (Å²) in [5, 5.41) is 1.35. The smallest absolute Gasteiger partial charge is 0.141 e. The number of anilines is 1. The van der Waals surface area contributed by atoms with Gasteiger partial charge in [-0.05, 0) is 43.2 Å². The van der Waals surface area contributed by atoms with Crippen LogP contribution in [-0.4, -0.2) is 42.7 Å². The largest absolute Gasteiger partial charge is 0.345 e. The highest BCUT2D eigenvalue weighted by atomic mass is 32.1. The second-order valence-electron chi connectivity index (χ2n) is 7.60. The second-order valence-corrected chi connectivity index (χ2v) is 8.68. The lowest BCUT2D eigenvalue weighted by atomic mass is 9.88. The molecule has 4 nitrogen and oxygen atoms in total. The van der Waals surface area contributed by atoms with E-state index in [4.69, 9.17) is 4.98 Å². The Balaban J connectivity index is 1.63. The average Bonchev–Trinajstić information content (AvgIpc) is 2.93. The van der Waals surface area contributed by atoms with Crippen molar-refractivity contribution in [1.29, 1.82) is 0 Å². The van der Waals surface area contributed by atoms with Crippen LogP contribution in [0.15, 0.2) is 18.5 Å². The van der Waals surface area contributed by atoms with Gasteiger partial charge in [0.05, 0.1) is 38.1 Å². The molecule has 0 bridgehead atoms. The van der Waals surface area contributed by atoms with Gasteiger partial charge >= 0.3 is 0 Å². The third-order valence-electron chi connectivity index (χ3n) is 5.39. The summed E-state index contributed by atoms with van der Waals surface area (Å²) >= 11 is 1.89. The number of piperazine rings is 1. The summed E-state index contributed by atoms with van der Waals surface area (Å²) in [6.45, 7) is 14.2. The number of aromatic nitrogens is 2. The Morgan fingerprint density at radius 2 is 2.17 bits per heavy atom. The summed E-state index contributed by atoms with van der Waals surface area (Å²) in [6, 6.07) is 0. The van der Waals surface area contributed by atoms with Gasteiger partial charge in [-0.25, -0.2) is 9.97 Å². The lowest BCUT2D eigenvalue weighted by molar-refractivity contribution is -0.895. The molecule has 1 aliphatic heterocycles. The van der Waals surface area contributed by atoms with Crippen LogP contribution in [0.3, 0.4) is 0 Å². The van der Waals surface area contributed by atoms with Crippen molar-refractivity contribution in [1.82, 2.24) is 9.97 Å². The molecule has 0 unspecified atom stereocenters. The molecular formula is C19H27N4S+. The molecule has 2 aromatic rings. The van der Waals surface area contributed by atoms with Gasteiger partial charge in [-0.3, -0.25) is 0 Å². The Hall–Kier alpha value is -1.46. The SMILES string of the molecule is C=C(C)C[NH+]1CCN(c2ncnc3sc4c(c23)C[C@@H](C)CC4)CC1. The topological polar surface area (TPSA) is 33.5 Å². The van der Waals surface area contributed by atoms with Crippen molar-refractivity contribution in [2.45, 2.75) is 33.1 Å².